The summed E-state index contributed by atoms with van der Waals surface area (Å²) in [5.41, 5.74) is 2.18. The summed E-state index contributed by atoms with van der Waals surface area (Å²) in [5.74, 6) is -3.28. The molecule has 0 aliphatic heterocycles. The van der Waals surface area contributed by atoms with Crippen molar-refractivity contribution in [3.63, 3.8) is 0 Å². The lowest BCUT2D eigenvalue weighted by molar-refractivity contribution is -0.159. The summed E-state index contributed by atoms with van der Waals surface area (Å²) in [6.45, 7) is 0.987. The normalized spacial score (nSPS) is 10.2. The second-order valence-corrected chi connectivity index (χ2v) is 4.68. The van der Waals surface area contributed by atoms with Crippen molar-refractivity contribution in [2.24, 2.45) is 0 Å². The first kappa shape index (κ1) is 16.5. The lowest BCUT2D eigenvalue weighted by Gasteiger charge is -2.08. The monoisotopic (exact) mass is 294 g/mol. The molecule has 21 heavy (non-hydrogen) atoms. The standard InChI is InChI=1S/C12H16N2O.C2H2O4/c1-14(2)7-6-9-8-13-10-4-3-5-11(15)12(9)10;3-1(4)2(5)6/h3-5,8,13,15H,6-7H2,1-2H3;(H,3,4)(H,5,6). The lowest BCUT2D eigenvalue weighted by Crippen LogP contribution is -2.14. The van der Waals surface area contributed by atoms with Crippen LogP contribution in [0.25, 0.3) is 10.9 Å². The molecule has 7 heteroatoms. The van der Waals surface area contributed by atoms with Crippen LogP contribution in [0.1, 0.15) is 5.56 Å². The van der Waals surface area contributed by atoms with E-state index in [4.69, 9.17) is 19.8 Å². The fourth-order valence-corrected chi connectivity index (χ4v) is 1.78. The third-order valence-corrected chi connectivity index (χ3v) is 2.78. The van der Waals surface area contributed by atoms with Gasteiger partial charge in [-0.3, -0.25) is 0 Å². The number of aromatic nitrogens is 1. The van der Waals surface area contributed by atoms with Crippen LogP contribution in [-0.2, 0) is 16.0 Å². The minimum atomic E-state index is -1.82. The van der Waals surface area contributed by atoms with Crippen LogP contribution in [0.4, 0.5) is 0 Å². The molecule has 0 fully saturated rings. The summed E-state index contributed by atoms with van der Waals surface area (Å²) in [6, 6.07) is 5.56. The number of fused-ring (bicyclic) bond motifs is 1. The molecule has 1 heterocycles. The van der Waals surface area contributed by atoms with E-state index in [0.29, 0.717) is 5.75 Å². The minimum Gasteiger partial charge on any atom is -0.507 e. The van der Waals surface area contributed by atoms with Gasteiger partial charge in [0.05, 0.1) is 0 Å². The Balaban J connectivity index is 0.000000315. The Hall–Kier alpha value is -2.54. The Kier molecular flexibility index (Phi) is 5.74. The molecule has 0 aliphatic carbocycles. The van der Waals surface area contributed by atoms with E-state index in [9.17, 15) is 5.11 Å². The topological polar surface area (TPSA) is 114 Å². The molecule has 4 N–H and O–H groups in total. The number of hydrogen-bond acceptors (Lipinski definition) is 4. The fraction of sp³-hybridized carbons (Fsp3) is 0.286. The van der Waals surface area contributed by atoms with Crippen LogP contribution in [0.3, 0.4) is 0 Å². The number of carboxylic acids is 2. The largest absolute Gasteiger partial charge is 0.507 e. The average Bonchev–Trinajstić information content (AvgIpc) is 2.81. The van der Waals surface area contributed by atoms with Gasteiger partial charge in [0.25, 0.3) is 0 Å². The van der Waals surface area contributed by atoms with Gasteiger partial charge in [0.2, 0.25) is 0 Å². The molecule has 0 amide bonds. The first-order valence-electron chi connectivity index (χ1n) is 6.21. The van der Waals surface area contributed by atoms with Gasteiger partial charge in [-0.05, 0) is 38.2 Å². The summed E-state index contributed by atoms with van der Waals surface area (Å²) >= 11 is 0. The van der Waals surface area contributed by atoms with Crippen molar-refractivity contribution >= 4 is 22.8 Å². The van der Waals surface area contributed by atoms with Gasteiger partial charge >= 0.3 is 11.9 Å². The lowest BCUT2D eigenvalue weighted by atomic mass is 10.1. The number of hydrogen-bond donors (Lipinski definition) is 4. The number of rotatable bonds is 3. The maximum absolute atomic E-state index is 9.77. The highest BCUT2D eigenvalue weighted by atomic mass is 16.4. The summed E-state index contributed by atoms with van der Waals surface area (Å²) in [5, 5.41) is 25.5. The second kappa shape index (κ2) is 7.30. The van der Waals surface area contributed by atoms with Gasteiger partial charge in [-0.2, -0.15) is 0 Å². The number of aromatic amines is 1. The van der Waals surface area contributed by atoms with Crippen LogP contribution in [0, 0.1) is 0 Å². The Morgan fingerprint density at radius 3 is 2.33 bits per heavy atom. The molecule has 2 aromatic rings. The summed E-state index contributed by atoms with van der Waals surface area (Å²) in [4.78, 5) is 23.5. The van der Waals surface area contributed by atoms with Crippen molar-refractivity contribution in [3.8, 4) is 5.75 Å². The van der Waals surface area contributed by atoms with Gasteiger partial charge < -0.3 is 25.2 Å². The number of aromatic hydroxyl groups is 1. The van der Waals surface area contributed by atoms with Gasteiger partial charge in [0, 0.05) is 23.6 Å². The van der Waals surface area contributed by atoms with Gasteiger partial charge in [0.15, 0.2) is 0 Å². The molecule has 2 rings (SSSR count). The molecular formula is C14H18N2O5. The molecule has 114 valence electrons. The van der Waals surface area contributed by atoms with Crippen molar-refractivity contribution in [3.05, 3.63) is 30.0 Å². The van der Waals surface area contributed by atoms with Crippen molar-refractivity contribution in [2.75, 3.05) is 20.6 Å². The molecule has 0 atom stereocenters. The number of carboxylic acid groups (broad SMARTS) is 2. The molecule has 7 nitrogen and oxygen atoms in total. The fourth-order valence-electron chi connectivity index (χ4n) is 1.78. The zero-order chi connectivity index (χ0) is 16.0. The predicted molar refractivity (Wildman–Crippen MR) is 77.5 cm³/mol. The maximum Gasteiger partial charge on any atom is 0.414 e. The Morgan fingerprint density at radius 2 is 1.81 bits per heavy atom. The van der Waals surface area contributed by atoms with Crippen LogP contribution in [0.5, 0.6) is 5.75 Å². The third kappa shape index (κ3) is 4.81. The number of H-pyrrole nitrogens is 1. The zero-order valence-corrected chi connectivity index (χ0v) is 11.8. The molecule has 0 aliphatic rings. The van der Waals surface area contributed by atoms with E-state index in [1.807, 2.05) is 18.3 Å². The quantitative estimate of drug-likeness (QED) is 0.631. The first-order chi connectivity index (χ1) is 9.82. The van der Waals surface area contributed by atoms with E-state index < -0.39 is 11.9 Å². The molecule has 0 unspecified atom stereocenters. The van der Waals surface area contributed by atoms with Crippen molar-refractivity contribution in [1.29, 1.82) is 0 Å². The molecule has 0 radical (unpaired) electrons. The van der Waals surface area contributed by atoms with E-state index in [0.717, 1.165) is 23.9 Å². The van der Waals surface area contributed by atoms with Gasteiger partial charge in [0.1, 0.15) is 5.75 Å². The van der Waals surface area contributed by atoms with E-state index in [1.165, 1.54) is 5.56 Å². The first-order valence-corrected chi connectivity index (χ1v) is 6.21. The molecule has 0 spiro atoms. The molecular weight excluding hydrogens is 276 g/mol. The Labute approximate surface area is 121 Å². The highest BCUT2D eigenvalue weighted by Gasteiger charge is 2.07. The number of aliphatic carboxylic acids is 2. The number of carbonyl (C=O) groups is 2. The molecule has 0 saturated heterocycles. The van der Waals surface area contributed by atoms with Crippen LogP contribution < -0.4 is 0 Å². The van der Waals surface area contributed by atoms with E-state index in [1.54, 1.807) is 6.07 Å². The second-order valence-electron chi connectivity index (χ2n) is 4.68. The van der Waals surface area contributed by atoms with Crippen LogP contribution in [0.2, 0.25) is 0 Å². The highest BCUT2D eigenvalue weighted by molar-refractivity contribution is 6.27. The number of phenols is 1. The average molecular weight is 294 g/mol. The molecule has 0 bridgehead atoms. The van der Waals surface area contributed by atoms with E-state index in [2.05, 4.69) is 24.0 Å². The van der Waals surface area contributed by atoms with Gasteiger partial charge in [-0.15, -0.1) is 0 Å². The van der Waals surface area contributed by atoms with E-state index >= 15 is 0 Å². The van der Waals surface area contributed by atoms with Crippen LogP contribution in [0.15, 0.2) is 24.4 Å². The van der Waals surface area contributed by atoms with E-state index in [-0.39, 0.29) is 0 Å². The smallest absolute Gasteiger partial charge is 0.414 e. The molecule has 0 saturated carbocycles. The SMILES string of the molecule is CN(C)CCc1c[nH]c2cccc(O)c12.O=C(O)C(=O)O. The van der Waals surface area contributed by atoms with Crippen molar-refractivity contribution in [1.82, 2.24) is 9.88 Å². The summed E-state index contributed by atoms with van der Waals surface area (Å²) in [6.07, 6.45) is 2.93. The Bertz CT molecular complexity index is 621. The molecule has 1 aromatic carbocycles. The number of benzene rings is 1. The van der Waals surface area contributed by atoms with Crippen molar-refractivity contribution in [2.45, 2.75) is 6.42 Å². The van der Waals surface area contributed by atoms with Gasteiger partial charge in [-0.1, -0.05) is 6.07 Å². The Morgan fingerprint density at radius 1 is 1.19 bits per heavy atom. The van der Waals surface area contributed by atoms with Crippen LogP contribution in [-0.4, -0.2) is 57.8 Å². The highest BCUT2D eigenvalue weighted by Crippen LogP contribution is 2.27. The zero-order valence-electron chi connectivity index (χ0n) is 11.8. The van der Waals surface area contributed by atoms with Gasteiger partial charge in [-0.25, -0.2) is 9.59 Å². The third-order valence-electron chi connectivity index (χ3n) is 2.78. The number of nitrogens with zero attached hydrogens (tertiary/aromatic N) is 1. The maximum atomic E-state index is 9.77. The number of phenolic OH excluding ortho intramolecular Hbond substituents is 1. The predicted octanol–water partition coefficient (Wildman–Crippen LogP) is 1.13. The van der Waals surface area contributed by atoms with Crippen molar-refractivity contribution < 1.29 is 24.9 Å². The summed E-state index contributed by atoms with van der Waals surface area (Å²) in [7, 11) is 4.10. The minimum absolute atomic E-state index is 0.363. The number of nitrogens with one attached hydrogen (secondary N) is 1. The molecule has 1 aromatic heterocycles. The number of likely N-dealkylation sites (N-methyl/N-ethyl adjacent to an activating group) is 1. The van der Waals surface area contributed by atoms with Crippen LogP contribution >= 0.6 is 0 Å². The summed E-state index contributed by atoms with van der Waals surface area (Å²) < 4.78 is 0.